The van der Waals surface area contributed by atoms with E-state index in [1.165, 1.54) is 12.0 Å². The van der Waals surface area contributed by atoms with Crippen LogP contribution in [0.1, 0.15) is 0 Å². The fraction of sp³-hybridized carbons (Fsp3) is 0.385. The number of anilines is 2. The van der Waals surface area contributed by atoms with Gasteiger partial charge in [-0.1, -0.05) is 0 Å². The summed E-state index contributed by atoms with van der Waals surface area (Å²) in [5.74, 6) is 0.0240. The molecule has 0 aliphatic carbocycles. The first kappa shape index (κ1) is 14.1. The number of nitrogens with zero attached hydrogens (tertiary/aromatic N) is 1. The summed E-state index contributed by atoms with van der Waals surface area (Å²) in [6.45, 7) is 0.871. The molecular weight excluding hydrogens is 262 g/mol. The van der Waals surface area contributed by atoms with E-state index in [4.69, 9.17) is 15.2 Å². The molecule has 0 aromatic heterocycles. The normalized spacial score (nSPS) is 15.1. The van der Waals surface area contributed by atoms with Gasteiger partial charge in [0, 0.05) is 12.2 Å². The number of benzene rings is 1. The molecule has 7 nitrogen and oxygen atoms in total. The fourth-order valence-electron chi connectivity index (χ4n) is 1.90. The van der Waals surface area contributed by atoms with Crippen molar-refractivity contribution >= 4 is 23.2 Å². The predicted molar refractivity (Wildman–Crippen MR) is 73.4 cm³/mol. The molecule has 108 valence electrons. The largest absolute Gasteiger partial charge is 0.495 e. The molecule has 1 aliphatic rings. The number of nitrogens with two attached hydrogens (primary N) is 1. The second-order valence-electron chi connectivity index (χ2n) is 4.38. The van der Waals surface area contributed by atoms with Crippen molar-refractivity contribution in [1.82, 2.24) is 4.90 Å². The van der Waals surface area contributed by atoms with Crippen LogP contribution in [0.4, 0.5) is 11.4 Å². The molecule has 0 radical (unpaired) electrons. The number of ether oxygens (including phenoxy) is 2. The lowest BCUT2D eigenvalue weighted by Crippen LogP contribution is -2.45. The van der Waals surface area contributed by atoms with E-state index in [0.29, 0.717) is 30.3 Å². The van der Waals surface area contributed by atoms with Crippen molar-refractivity contribution < 1.29 is 19.1 Å². The van der Waals surface area contributed by atoms with Gasteiger partial charge in [-0.2, -0.15) is 0 Å². The second kappa shape index (κ2) is 6.25. The maximum absolute atomic E-state index is 12.0. The number of carbonyl (C=O) groups excluding carboxylic acids is 2. The maximum atomic E-state index is 12.0. The molecule has 1 aromatic rings. The molecule has 1 aliphatic heterocycles. The number of amides is 2. The summed E-state index contributed by atoms with van der Waals surface area (Å²) >= 11 is 0. The minimum atomic E-state index is -0.302. The Bertz CT molecular complexity index is 518. The monoisotopic (exact) mass is 279 g/mol. The maximum Gasteiger partial charge on any atom is 0.249 e. The second-order valence-corrected chi connectivity index (χ2v) is 4.38. The van der Waals surface area contributed by atoms with Gasteiger partial charge >= 0.3 is 0 Å². The Labute approximate surface area is 116 Å². The van der Waals surface area contributed by atoms with Crippen molar-refractivity contribution in [2.24, 2.45) is 0 Å². The van der Waals surface area contributed by atoms with Crippen LogP contribution in [0.5, 0.6) is 5.75 Å². The highest BCUT2D eigenvalue weighted by molar-refractivity contribution is 5.96. The minimum Gasteiger partial charge on any atom is -0.495 e. The lowest BCUT2D eigenvalue weighted by Gasteiger charge is -2.26. The molecule has 1 heterocycles. The molecule has 20 heavy (non-hydrogen) atoms. The molecule has 1 aromatic carbocycles. The fourth-order valence-corrected chi connectivity index (χ4v) is 1.90. The molecule has 1 fully saturated rings. The Balaban J connectivity index is 2.00. The van der Waals surface area contributed by atoms with Crippen LogP contribution in [-0.4, -0.2) is 50.1 Å². The number of rotatable bonds is 4. The van der Waals surface area contributed by atoms with E-state index >= 15 is 0 Å². The van der Waals surface area contributed by atoms with Gasteiger partial charge in [0.25, 0.3) is 0 Å². The molecule has 7 heteroatoms. The summed E-state index contributed by atoms with van der Waals surface area (Å²) in [6, 6.07) is 4.96. The van der Waals surface area contributed by atoms with Crippen LogP contribution in [0.25, 0.3) is 0 Å². The predicted octanol–water partition coefficient (Wildman–Crippen LogP) is 0.0747. The van der Waals surface area contributed by atoms with Crippen LogP contribution in [0.15, 0.2) is 18.2 Å². The molecule has 2 rings (SSSR count). The van der Waals surface area contributed by atoms with Gasteiger partial charge in [0.2, 0.25) is 11.8 Å². The summed E-state index contributed by atoms with van der Waals surface area (Å²) in [5.41, 5.74) is 6.68. The number of nitrogens with one attached hydrogen (secondary N) is 1. The van der Waals surface area contributed by atoms with E-state index in [2.05, 4.69) is 5.32 Å². The highest BCUT2D eigenvalue weighted by Crippen LogP contribution is 2.26. The number of nitrogen functional groups attached to an aromatic ring is 1. The molecule has 0 saturated carbocycles. The lowest BCUT2D eigenvalue weighted by atomic mass is 10.2. The Morgan fingerprint density at radius 1 is 1.55 bits per heavy atom. The first-order chi connectivity index (χ1) is 9.60. The van der Waals surface area contributed by atoms with Gasteiger partial charge in [-0.05, 0) is 18.2 Å². The third-order valence-electron chi connectivity index (χ3n) is 2.92. The first-order valence-corrected chi connectivity index (χ1v) is 6.19. The average Bonchev–Trinajstić information content (AvgIpc) is 2.41. The molecule has 1 saturated heterocycles. The van der Waals surface area contributed by atoms with Gasteiger partial charge in [0.15, 0.2) is 0 Å². The Morgan fingerprint density at radius 2 is 2.35 bits per heavy atom. The highest BCUT2D eigenvalue weighted by atomic mass is 16.5. The van der Waals surface area contributed by atoms with Crippen LogP contribution in [0, 0.1) is 0 Å². The number of carbonyl (C=O) groups is 2. The third-order valence-corrected chi connectivity index (χ3v) is 2.92. The van der Waals surface area contributed by atoms with Crippen LogP contribution in [0.3, 0.4) is 0 Å². The van der Waals surface area contributed by atoms with Crippen molar-refractivity contribution in [3.05, 3.63) is 18.2 Å². The van der Waals surface area contributed by atoms with Crippen molar-refractivity contribution in [3.8, 4) is 5.75 Å². The SMILES string of the molecule is COc1ccc(N)cc1NC(=O)CN1CCOCC1=O. The van der Waals surface area contributed by atoms with Gasteiger partial charge in [-0.15, -0.1) is 0 Å². The van der Waals surface area contributed by atoms with Crippen LogP contribution >= 0.6 is 0 Å². The van der Waals surface area contributed by atoms with Crippen molar-refractivity contribution in [2.45, 2.75) is 0 Å². The molecule has 0 bridgehead atoms. The standard InChI is InChI=1S/C13H17N3O4/c1-19-11-3-2-9(14)6-10(11)15-12(17)7-16-4-5-20-8-13(16)18/h2-3,6H,4-5,7-8,14H2,1H3,(H,15,17). The van der Waals surface area contributed by atoms with Crippen molar-refractivity contribution in [1.29, 1.82) is 0 Å². The van der Waals surface area contributed by atoms with E-state index in [0.717, 1.165) is 0 Å². The number of hydrogen-bond acceptors (Lipinski definition) is 5. The summed E-state index contributed by atoms with van der Waals surface area (Å²) < 4.78 is 10.1. The zero-order valence-electron chi connectivity index (χ0n) is 11.2. The van der Waals surface area contributed by atoms with Gasteiger partial charge in [-0.25, -0.2) is 0 Å². The smallest absolute Gasteiger partial charge is 0.249 e. The average molecular weight is 279 g/mol. The topological polar surface area (TPSA) is 93.9 Å². The Hall–Kier alpha value is -2.28. The first-order valence-electron chi connectivity index (χ1n) is 6.19. The number of methoxy groups -OCH3 is 1. The number of hydrogen-bond donors (Lipinski definition) is 2. The van der Waals surface area contributed by atoms with E-state index in [9.17, 15) is 9.59 Å². The zero-order valence-corrected chi connectivity index (χ0v) is 11.2. The number of morpholine rings is 1. The van der Waals surface area contributed by atoms with Crippen LogP contribution in [0.2, 0.25) is 0 Å². The van der Waals surface area contributed by atoms with Gasteiger partial charge < -0.3 is 25.4 Å². The summed E-state index contributed by atoms with van der Waals surface area (Å²) in [6.07, 6.45) is 0. The minimum absolute atomic E-state index is 0.0137. The Kier molecular flexibility index (Phi) is 4.41. The molecule has 0 atom stereocenters. The summed E-state index contributed by atoms with van der Waals surface area (Å²) in [4.78, 5) is 25.0. The van der Waals surface area contributed by atoms with Gasteiger partial charge in [-0.3, -0.25) is 9.59 Å². The summed E-state index contributed by atoms with van der Waals surface area (Å²) in [5, 5.41) is 2.69. The van der Waals surface area contributed by atoms with E-state index in [-0.39, 0.29) is 25.0 Å². The highest BCUT2D eigenvalue weighted by Gasteiger charge is 2.21. The molecule has 0 spiro atoms. The van der Waals surface area contributed by atoms with E-state index in [1.807, 2.05) is 0 Å². The zero-order chi connectivity index (χ0) is 14.5. The van der Waals surface area contributed by atoms with Crippen LogP contribution in [-0.2, 0) is 14.3 Å². The van der Waals surface area contributed by atoms with Gasteiger partial charge in [0.05, 0.1) is 19.4 Å². The van der Waals surface area contributed by atoms with Gasteiger partial charge in [0.1, 0.15) is 18.9 Å². The molecule has 2 amide bonds. The summed E-state index contributed by atoms with van der Waals surface area (Å²) in [7, 11) is 1.51. The molecule has 3 N–H and O–H groups in total. The third kappa shape index (κ3) is 3.39. The lowest BCUT2D eigenvalue weighted by molar-refractivity contribution is -0.144. The van der Waals surface area contributed by atoms with E-state index in [1.54, 1.807) is 18.2 Å². The van der Waals surface area contributed by atoms with Crippen LogP contribution < -0.4 is 15.8 Å². The quantitative estimate of drug-likeness (QED) is 0.761. The van der Waals surface area contributed by atoms with Crippen molar-refractivity contribution in [2.75, 3.05) is 44.5 Å². The Morgan fingerprint density at radius 3 is 3.05 bits per heavy atom. The van der Waals surface area contributed by atoms with Crippen molar-refractivity contribution in [3.63, 3.8) is 0 Å². The van der Waals surface area contributed by atoms with E-state index < -0.39 is 0 Å². The molecular formula is C13H17N3O4. The molecule has 0 unspecified atom stereocenters.